The van der Waals surface area contributed by atoms with Gasteiger partial charge in [0.1, 0.15) is 11.3 Å². The van der Waals surface area contributed by atoms with E-state index in [1.807, 2.05) is 25.1 Å². The molecule has 1 fully saturated rings. The van der Waals surface area contributed by atoms with Crippen LogP contribution in [-0.2, 0) is 14.4 Å². The number of carbonyl (C=O) groups excluding carboxylic acids is 4. The van der Waals surface area contributed by atoms with Crippen LogP contribution in [0.4, 0.5) is 16.2 Å². The summed E-state index contributed by atoms with van der Waals surface area (Å²) >= 11 is 12.3. The molecule has 2 N–H and O–H groups in total. The summed E-state index contributed by atoms with van der Waals surface area (Å²) in [5.74, 6) is -1.77. The van der Waals surface area contributed by atoms with Gasteiger partial charge in [0.25, 0.3) is 17.7 Å². The number of aryl methyl sites for hydroxylation is 1. The highest BCUT2D eigenvalue weighted by Crippen LogP contribution is 2.28. The second-order valence-electron chi connectivity index (χ2n) is 7.83. The molecule has 3 aromatic carbocycles. The average molecular weight is 524 g/mol. The third-order valence-corrected chi connectivity index (χ3v) is 5.63. The monoisotopic (exact) mass is 523 g/mol. The first kappa shape index (κ1) is 25.0. The Bertz CT molecular complexity index is 1420. The fourth-order valence-corrected chi connectivity index (χ4v) is 3.89. The maximum absolute atomic E-state index is 13.0. The number of nitrogens with zero attached hydrogens (tertiary/aromatic N) is 1. The summed E-state index contributed by atoms with van der Waals surface area (Å²) in [4.78, 5) is 50.7. The van der Waals surface area contributed by atoms with E-state index in [0.717, 1.165) is 10.5 Å². The number of anilines is 2. The molecule has 5 amide bonds. The molecular formula is C26H19Cl2N3O5. The van der Waals surface area contributed by atoms with Crippen molar-refractivity contribution < 1.29 is 23.9 Å². The Hall–Kier alpha value is -4.14. The molecule has 182 valence electrons. The Morgan fingerprint density at radius 3 is 2.53 bits per heavy atom. The minimum absolute atomic E-state index is 0.166. The SMILES string of the molecule is Cc1cccc(NC(=O)COc2ccc(/C=C3\C(=O)NC(=O)N(c4cccc(Cl)c4)C3=O)cc2Cl)c1. The predicted octanol–water partition coefficient (Wildman–Crippen LogP) is 4.99. The van der Waals surface area contributed by atoms with Gasteiger partial charge in [0.05, 0.1) is 10.7 Å². The number of ether oxygens (including phenoxy) is 1. The van der Waals surface area contributed by atoms with Crippen molar-refractivity contribution in [3.05, 3.63) is 93.5 Å². The number of benzene rings is 3. The molecule has 0 radical (unpaired) electrons. The van der Waals surface area contributed by atoms with E-state index in [-0.39, 0.29) is 34.5 Å². The molecule has 0 atom stereocenters. The Morgan fingerprint density at radius 2 is 1.81 bits per heavy atom. The van der Waals surface area contributed by atoms with Crippen molar-refractivity contribution in [2.45, 2.75) is 6.92 Å². The van der Waals surface area contributed by atoms with Gasteiger partial charge in [-0.25, -0.2) is 9.69 Å². The molecule has 4 rings (SSSR count). The number of barbiturate groups is 1. The van der Waals surface area contributed by atoms with Crippen molar-refractivity contribution in [2.24, 2.45) is 0 Å². The normalized spacial score (nSPS) is 14.6. The van der Waals surface area contributed by atoms with Crippen molar-refractivity contribution in [3.63, 3.8) is 0 Å². The smallest absolute Gasteiger partial charge is 0.335 e. The first-order valence-corrected chi connectivity index (χ1v) is 11.4. The lowest BCUT2D eigenvalue weighted by Crippen LogP contribution is -2.54. The molecule has 1 saturated heterocycles. The van der Waals surface area contributed by atoms with Crippen molar-refractivity contribution in [3.8, 4) is 5.75 Å². The number of rotatable bonds is 6. The second kappa shape index (κ2) is 10.6. The molecule has 1 aliphatic heterocycles. The molecule has 8 nitrogen and oxygen atoms in total. The first-order chi connectivity index (χ1) is 17.2. The zero-order valence-electron chi connectivity index (χ0n) is 18.9. The van der Waals surface area contributed by atoms with Gasteiger partial charge in [0, 0.05) is 10.7 Å². The third-order valence-electron chi connectivity index (χ3n) is 5.10. The van der Waals surface area contributed by atoms with Gasteiger partial charge < -0.3 is 10.1 Å². The molecule has 0 aromatic heterocycles. The molecule has 0 bridgehead atoms. The van der Waals surface area contributed by atoms with E-state index in [0.29, 0.717) is 16.3 Å². The first-order valence-electron chi connectivity index (χ1n) is 10.7. The minimum Gasteiger partial charge on any atom is -0.482 e. The number of imide groups is 2. The number of amides is 5. The summed E-state index contributed by atoms with van der Waals surface area (Å²) in [6.45, 7) is 1.64. The standard InChI is InChI=1S/C26H19Cl2N3O5/c1-15-4-2-6-18(10-15)29-23(32)14-36-22-9-8-16(12-21(22)28)11-20-24(33)30-26(35)31(25(20)34)19-7-3-5-17(27)13-19/h2-13H,14H2,1H3,(H,29,32)(H,30,33,35)/b20-11+. The number of hydrogen-bond acceptors (Lipinski definition) is 5. The van der Waals surface area contributed by atoms with Gasteiger partial charge >= 0.3 is 6.03 Å². The Kier molecular flexibility index (Phi) is 7.38. The van der Waals surface area contributed by atoms with E-state index < -0.39 is 17.8 Å². The van der Waals surface area contributed by atoms with Crippen LogP contribution >= 0.6 is 23.2 Å². The Morgan fingerprint density at radius 1 is 1.03 bits per heavy atom. The zero-order chi connectivity index (χ0) is 25.8. The van der Waals surface area contributed by atoms with Crippen LogP contribution in [0.5, 0.6) is 5.75 Å². The summed E-state index contributed by atoms with van der Waals surface area (Å²) in [5.41, 5.74) is 2.02. The quantitative estimate of drug-likeness (QED) is 0.350. The van der Waals surface area contributed by atoms with Gasteiger partial charge in [-0.1, -0.05) is 47.5 Å². The van der Waals surface area contributed by atoms with E-state index >= 15 is 0 Å². The number of halogens is 2. The molecule has 0 unspecified atom stereocenters. The van der Waals surface area contributed by atoms with Crippen molar-refractivity contribution >= 4 is 64.4 Å². The van der Waals surface area contributed by atoms with E-state index in [9.17, 15) is 19.2 Å². The summed E-state index contributed by atoms with van der Waals surface area (Å²) in [7, 11) is 0. The molecule has 1 aliphatic rings. The highest BCUT2D eigenvalue weighted by molar-refractivity contribution is 6.39. The van der Waals surface area contributed by atoms with E-state index in [1.54, 1.807) is 24.3 Å². The van der Waals surface area contributed by atoms with Gasteiger partial charge in [-0.05, 0) is 66.6 Å². The topological polar surface area (TPSA) is 105 Å². The Balaban J connectivity index is 1.48. The van der Waals surface area contributed by atoms with Gasteiger partial charge in [-0.2, -0.15) is 0 Å². The van der Waals surface area contributed by atoms with Gasteiger partial charge in [0.15, 0.2) is 6.61 Å². The van der Waals surface area contributed by atoms with Crippen LogP contribution in [-0.4, -0.2) is 30.4 Å². The number of nitrogens with one attached hydrogen (secondary N) is 2. The highest BCUT2D eigenvalue weighted by Gasteiger charge is 2.36. The van der Waals surface area contributed by atoms with Crippen LogP contribution in [0.3, 0.4) is 0 Å². The zero-order valence-corrected chi connectivity index (χ0v) is 20.4. The fraction of sp³-hybridized carbons (Fsp3) is 0.0769. The molecule has 0 spiro atoms. The molecular weight excluding hydrogens is 505 g/mol. The average Bonchev–Trinajstić information content (AvgIpc) is 2.81. The highest BCUT2D eigenvalue weighted by atomic mass is 35.5. The fourth-order valence-electron chi connectivity index (χ4n) is 3.46. The van der Waals surface area contributed by atoms with Crippen LogP contribution in [0, 0.1) is 6.92 Å². The molecule has 0 saturated carbocycles. The predicted molar refractivity (Wildman–Crippen MR) is 137 cm³/mol. The summed E-state index contributed by atoms with van der Waals surface area (Å²) in [6.07, 6.45) is 1.31. The Labute approximate surface area is 216 Å². The van der Waals surface area contributed by atoms with Gasteiger partial charge in [-0.3, -0.25) is 19.7 Å². The maximum atomic E-state index is 13.0. The summed E-state index contributed by atoms with van der Waals surface area (Å²) in [6, 6.07) is 17.2. The largest absolute Gasteiger partial charge is 0.482 e. The molecule has 0 aliphatic carbocycles. The van der Waals surface area contributed by atoms with E-state index in [2.05, 4.69) is 10.6 Å². The minimum atomic E-state index is -0.880. The summed E-state index contributed by atoms with van der Waals surface area (Å²) in [5, 5.41) is 5.37. The number of urea groups is 1. The lowest BCUT2D eigenvalue weighted by molar-refractivity contribution is -0.122. The van der Waals surface area contributed by atoms with Gasteiger partial charge in [-0.15, -0.1) is 0 Å². The van der Waals surface area contributed by atoms with E-state index in [4.69, 9.17) is 27.9 Å². The lowest BCUT2D eigenvalue weighted by atomic mass is 10.1. The van der Waals surface area contributed by atoms with Crippen LogP contribution in [0.25, 0.3) is 6.08 Å². The molecule has 3 aromatic rings. The lowest BCUT2D eigenvalue weighted by Gasteiger charge is -2.26. The number of hydrogen-bond donors (Lipinski definition) is 2. The van der Waals surface area contributed by atoms with Crippen LogP contribution in [0.2, 0.25) is 10.0 Å². The number of carbonyl (C=O) groups is 4. The summed E-state index contributed by atoms with van der Waals surface area (Å²) < 4.78 is 5.51. The molecule has 36 heavy (non-hydrogen) atoms. The van der Waals surface area contributed by atoms with Crippen LogP contribution < -0.4 is 20.3 Å². The van der Waals surface area contributed by atoms with Gasteiger partial charge in [0.2, 0.25) is 0 Å². The molecule has 10 heteroatoms. The van der Waals surface area contributed by atoms with Crippen molar-refractivity contribution in [1.82, 2.24) is 5.32 Å². The van der Waals surface area contributed by atoms with Crippen LogP contribution in [0.15, 0.2) is 72.3 Å². The third kappa shape index (κ3) is 5.73. The second-order valence-corrected chi connectivity index (χ2v) is 8.68. The van der Waals surface area contributed by atoms with Crippen molar-refractivity contribution in [2.75, 3.05) is 16.8 Å². The maximum Gasteiger partial charge on any atom is 0.335 e. The van der Waals surface area contributed by atoms with Crippen molar-refractivity contribution in [1.29, 1.82) is 0 Å². The van der Waals surface area contributed by atoms with Crippen LogP contribution in [0.1, 0.15) is 11.1 Å². The van der Waals surface area contributed by atoms with E-state index in [1.165, 1.54) is 30.3 Å². The molecule has 1 heterocycles.